The molecule has 2 fully saturated rings. The van der Waals surface area contributed by atoms with Crippen molar-refractivity contribution in [2.24, 2.45) is 5.73 Å². The van der Waals surface area contributed by atoms with E-state index in [9.17, 15) is 4.79 Å². The normalized spacial score (nSPS) is 34.4. The van der Waals surface area contributed by atoms with Crippen LogP contribution in [0, 0.1) is 0 Å². The quantitative estimate of drug-likeness (QED) is 0.606. The lowest BCUT2D eigenvalue weighted by atomic mass is 10.0. The van der Waals surface area contributed by atoms with Crippen molar-refractivity contribution in [3.8, 4) is 0 Å². The van der Waals surface area contributed by atoms with Crippen molar-refractivity contribution in [3.63, 3.8) is 0 Å². The zero-order chi connectivity index (χ0) is 7.84. The molecule has 0 bridgehead atoms. The molecule has 0 aromatic heterocycles. The standard InChI is InChI=1S/C8H14N2O.ClH/c9-7-5-6-3-1-2-4-10(6)8(7)11;/h6-7H,1-5,9H2;1H. The van der Waals surface area contributed by atoms with Crippen molar-refractivity contribution < 1.29 is 4.79 Å². The summed E-state index contributed by atoms with van der Waals surface area (Å²) < 4.78 is 0. The van der Waals surface area contributed by atoms with E-state index in [2.05, 4.69) is 0 Å². The van der Waals surface area contributed by atoms with Gasteiger partial charge in [-0.25, -0.2) is 0 Å². The third-order valence-corrected chi connectivity index (χ3v) is 2.75. The number of carbonyl (C=O) groups is 1. The minimum absolute atomic E-state index is 0. The van der Waals surface area contributed by atoms with Gasteiger partial charge in [0.15, 0.2) is 0 Å². The molecule has 0 saturated carbocycles. The Hall–Kier alpha value is -0.280. The van der Waals surface area contributed by atoms with Gasteiger partial charge in [-0.05, 0) is 25.7 Å². The van der Waals surface area contributed by atoms with Crippen LogP contribution in [0.4, 0.5) is 0 Å². The molecular formula is C8H15ClN2O. The van der Waals surface area contributed by atoms with Crippen molar-refractivity contribution in [1.29, 1.82) is 0 Å². The first-order valence-corrected chi connectivity index (χ1v) is 4.35. The summed E-state index contributed by atoms with van der Waals surface area (Å²) in [6.07, 6.45) is 4.48. The molecule has 2 rings (SSSR count). The van der Waals surface area contributed by atoms with E-state index in [0.29, 0.717) is 6.04 Å². The van der Waals surface area contributed by atoms with Gasteiger partial charge in [0.25, 0.3) is 0 Å². The Bertz CT molecular complexity index is 186. The SMILES string of the molecule is Cl.NC1CC2CCCCN2C1=O. The van der Waals surface area contributed by atoms with Crippen molar-refractivity contribution >= 4 is 18.3 Å². The maximum atomic E-state index is 11.3. The highest BCUT2D eigenvalue weighted by Crippen LogP contribution is 2.26. The van der Waals surface area contributed by atoms with Gasteiger partial charge in [-0.3, -0.25) is 4.79 Å². The summed E-state index contributed by atoms with van der Waals surface area (Å²) >= 11 is 0. The summed E-state index contributed by atoms with van der Waals surface area (Å²) in [5.74, 6) is 0.176. The van der Waals surface area contributed by atoms with Gasteiger partial charge < -0.3 is 10.6 Å². The molecule has 0 aliphatic carbocycles. The van der Waals surface area contributed by atoms with Crippen molar-refractivity contribution in [2.45, 2.75) is 37.8 Å². The predicted octanol–water partition coefficient (Wildman–Crippen LogP) is 0.520. The highest BCUT2D eigenvalue weighted by Gasteiger charge is 2.37. The number of carbonyl (C=O) groups excluding carboxylic acids is 1. The topological polar surface area (TPSA) is 46.3 Å². The summed E-state index contributed by atoms with van der Waals surface area (Å²) in [6.45, 7) is 0.942. The van der Waals surface area contributed by atoms with Gasteiger partial charge in [0, 0.05) is 12.6 Å². The van der Waals surface area contributed by atoms with Gasteiger partial charge in [-0.2, -0.15) is 0 Å². The van der Waals surface area contributed by atoms with E-state index < -0.39 is 0 Å². The largest absolute Gasteiger partial charge is 0.338 e. The van der Waals surface area contributed by atoms with Crippen LogP contribution in [-0.2, 0) is 4.79 Å². The third kappa shape index (κ3) is 1.43. The number of rotatable bonds is 0. The molecule has 0 radical (unpaired) electrons. The fourth-order valence-electron chi connectivity index (χ4n) is 2.14. The van der Waals surface area contributed by atoms with E-state index >= 15 is 0 Å². The lowest BCUT2D eigenvalue weighted by Crippen LogP contribution is -2.39. The van der Waals surface area contributed by atoms with E-state index in [4.69, 9.17) is 5.73 Å². The second-order valence-electron chi connectivity index (χ2n) is 3.52. The Balaban J connectivity index is 0.000000720. The zero-order valence-corrected chi connectivity index (χ0v) is 7.85. The third-order valence-electron chi connectivity index (χ3n) is 2.75. The number of fused-ring (bicyclic) bond motifs is 1. The molecule has 3 nitrogen and oxygen atoms in total. The molecule has 2 heterocycles. The average molecular weight is 191 g/mol. The highest BCUT2D eigenvalue weighted by atomic mass is 35.5. The molecule has 2 aliphatic heterocycles. The number of nitrogens with two attached hydrogens (primary N) is 1. The Morgan fingerprint density at radius 1 is 1.42 bits per heavy atom. The van der Waals surface area contributed by atoms with Crippen molar-refractivity contribution in [2.75, 3.05) is 6.54 Å². The molecule has 12 heavy (non-hydrogen) atoms. The number of amides is 1. The van der Waals surface area contributed by atoms with Crippen LogP contribution in [0.5, 0.6) is 0 Å². The van der Waals surface area contributed by atoms with Gasteiger partial charge in [-0.1, -0.05) is 0 Å². The molecule has 0 aromatic rings. The molecule has 2 atom stereocenters. The van der Waals surface area contributed by atoms with Gasteiger partial charge in [0.05, 0.1) is 6.04 Å². The average Bonchev–Trinajstić information content (AvgIpc) is 2.30. The van der Waals surface area contributed by atoms with E-state index in [1.807, 2.05) is 4.90 Å². The number of piperidine rings is 1. The maximum Gasteiger partial charge on any atom is 0.239 e. The smallest absolute Gasteiger partial charge is 0.239 e. The number of hydrogen-bond donors (Lipinski definition) is 1. The fourth-order valence-corrected chi connectivity index (χ4v) is 2.14. The van der Waals surface area contributed by atoms with E-state index in [1.54, 1.807) is 0 Å². The molecule has 2 aliphatic rings. The second kappa shape index (κ2) is 3.62. The van der Waals surface area contributed by atoms with Crippen molar-refractivity contribution in [1.82, 2.24) is 4.90 Å². The summed E-state index contributed by atoms with van der Waals surface area (Å²) in [5.41, 5.74) is 5.65. The molecule has 4 heteroatoms. The Morgan fingerprint density at radius 3 is 2.83 bits per heavy atom. The number of hydrogen-bond acceptors (Lipinski definition) is 2. The Morgan fingerprint density at radius 2 is 2.17 bits per heavy atom. The molecule has 2 unspecified atom stereocenters. The summed E-state index contributed by atoms with van der Waals surface area (Å²) in [4.78, 5) is 13.3. The molecular weight excluding hydrogens is 176 g/mol. The van der Waals surface area contributed by atoms with Gasteiger partial charge in [-0.15, -0.1) is 12.4 Å². The highest BCUT2D eigenvalue weighted by molar-refractivity contribution is 5.85. The van der Waals surface area contributed by atoms with Gasteiger partial charge in [0.2, 0.25) is 5.91 Å². The monoisotopic (exact) mass is 190 g/mol. The van der Waals surface area contributed by atoms with Gasteiger partial charge >= 0.3 is 0 Å². The Kier molecular flexibility index (Phi) is 2.96. The van der Waals surface area contributed by atoms with Crippen LogP contribution in [0.15, 0.2) is 0 Å². The molecule has 2 N–H and O–H groups in total. The van der Waals surface area contributed by atoms with Crippen LogP contribution in [-0.4, -0.2) is 29.4 Å². The van der Waals surface area contributed by atoms with Crippen molar-refractivity contribution in [3.05, 3.63) is 0 Å². The molecule has 2 saturated heterocycles. The number of nitrogens with zero attached hydrogens (tertiary/aromatic N) is 1. The van der Waals surface area contributed by atoms with E-state index in [0.717, 1.165) is 19.4 Å². The van der Waals surface area contributed by atoms with E-state index in [1.165, 1.54) is 12.8 Å². The second-order valence-corrected chi connectivity index (χ2v) is 3.52. The number of halogens is 1. The molecule has 70 valence electrons. The molecule has 1 amide bonds. The predicted molar refractivity (Wildman–Crippen MR) is 49.2 cm³/mol. The molecule has 0 aromatic carbocycles. The lowest BCUT2D eigenvalue weighted by molar-refractivity contribution is -0.130. The summed E-state index contributed by atoms with van der Waals surface area (Å²) in [5, 5.41) is 0. The van der Waals surface area contributed by atoms with Crippen LogP contribution >= 0.6 is 12.4 Å². The van der Waals surface area contributed by atoms with Crippen LogP contribution in [0.25, 0.3) is 0 Å². The first-order chi connectivity index (χ1) is 5.29. The Labute approximate surface area is 78.7 Å². The maximum absolute atomic E-state index is 11.3. The van der Waals surface area contributed by atoms with Crippen LogP contribution in [0.3, 0.4) is 0 Å². The summed E-state index contributed by atoms with van der Waals surface area (Å²) in [7, 11) is 0. The van der Waals surface area contributed by atoms with Crippen LogP contribution in [0.2, 0.25) is 0 Å². The van der Waals surface area contributed by atoms with Crippen LogP contribution < -0.4 is 5.73 Å². The fraction of sp³-hybridized carbons (Fsp3) is 0.875. The minimum Gasteiger partial charge on any atom is -0.338 e. The van der Waals surface area contributed by atoms with Gasteiger partial charge in [0.1, 0.15) is 0 Å². The van der Waals surface area contributed by atoms with E-state index in [-0.39, 0.29) is 24.4 Å². The molecule has 0 spiro atoms. The zero-order valence-electron chi connectivity index (χ0n) is 7.03. The first kappa shape index (κ1) is 9.81. The lowest BCUT2D eigenvalue weighted by Gasteiger charge is -2.28. The minimum atomic E-state index is -0.196. The first-order valence-electron chi connectivity index (χ1n) is 4.35. The van der Waals surface area contributed by atoms with Crippen LogP contribution in [0.1, 0.15) is 25.7 Å². The summed E-state index contributed by atoms with van der Waals surface area (Å²) in [6, 6.07) is 0.282.